The molecule has 55 heavy (non-hydrogen) atoms. The van der Waals surface area contributed by atoms with Crippen LogP contribution >= 0.6 is 31.9 Å². The summed E-state index contributed by atoms with van der Waals surface area (Å²) in [5.74, 6) is 25.2. The van der Waals surface area contributed by atoms with Crippen molar-refractivity contribution in [1.82, 2.24) is 0 Å². The largest absolute Gasteiger partial charge is 1.00 e. The van der Waals surface area contributed by atoms with Gasteiger partial charge < -0.3 is 34.0 Å². The fraction of sp³-hybridized carbons (Fsp3) is 0.143. The molecule has 0 fully saturated rings. The number of hydrogen-bond acceptors (Lipinski definition) is 0. The number of rotatable bonds is 4. The Hall–Kier alpha value is -4.66. The predicted octanol–water partition coefficient (Wildman–Crippen LogP) is 3.81. The van der Waals surface area contributed by atoms with Crippen molar-refractivity contribution in [2.75, 3.05) is 10.7 Å². The molecule has 0 radical (unpaired) electrons. The highest BCUT2D eigenvalue weighted by Crippen LogP contribution is 2.21. The van der Waals surface area contributed by atoms with Gasteiger partial charge in [0.15, 0.2) is 24.8 Å². The van der Waals surface area contributed by atoms with Gasteiger partial charge in [0.25, 0.3) is 0 Å². The van der Waals surface area contributed by atoms with Crippen LogP contribution in [0.25, 0.3) is 22.3 Å². The van der Waals surface area contributed by atoms with Crippen LogP contribution in [-0.2, 0) is 13.1 Å². The molecular formula is C49H40Br4N2. The fourth-order valence-corrected chi connectivity index (χ4v) is 5.47. The zero-order valence-electron chi connectivity index (χ0n) is 31.0. The predicted molar refractivity (Wildman–Crippen MR) is 226 cm³/mol. The maximum atomic E-state index is 3.30. The number of aryl methyl sites for hydroxylation is 3. The second kappa shape index (κ2) is 24.0. The molecular weight excluding hydrogens is 936 g/mol. The first-order valence-electron chi connectivity index (χ1n) is 17.3. The molecule has 2 aromatic heterocycles. The van der Waals surface area contributed by atoms with Crippen LogP contribution in [0.4, 0.5) is 0 Å². The summed E-state index contributed by atoms with van der Waals surface area (Å²) in [4.78, 5) is 0. The molecule has 0 bridgehead atoms. The average molecular weight is 976 g/mol. The summed E-state index contributed by atoms with van der Waals surface area (Å²) in [6.45, 7) is 7.71. The summed E-state index contributed by atoms with van der Waals surface area (Å²) in [5, 5.41) is 1.40. The lowest BCUT2D eigenvalue weighted by Gasteiger charge is -2.02. The van der Waals surface area contributed by atoms with Gasteiger partial charge >= 0.3 is 0 Å². The van der Waals surface area contributed by atoms with Crippen molar-refractivity contribution in [2.24, 2.45) is 0 Å². The van der Waals surface area contributed by atoms with Gasteiger partial charge in [-0.1, -0.05) is 116 Å². The number of halogens is 4. The molecule has 0 spiro atoms. The summed E-state index contributed by atoms with van der Waals surface area (Å²) in [6.07, 6.45) is 8.34. The Morgan fingerprint density at radius 1 is 0.400 bits per heavy atom. The second-order valence-electron chi connectivity index (χ2n) is 12.3. The number of benzene rings is 4. The lowest BCUT2D eigenvalue weighted by Crippen LogP contribution is -3.00. The van der Waals surface area contributed by atoms with E-state index in [0.717, 1.165) is 22.3 Å². The van der Waals surface area contributed by atoms with Crippen LogP contribution in [0.5, 0.6) is 0 Å². The van der Waals surface area contributed by atoms with E-state index in [4.69, 9.17) is 0 Å². The molecule has 274 valence electrons. The van der Waals surface area contributed by atoms with Crippen molar-refractivity contribution in [3.8, 4) is 69.6 Å². The van der Waals surface area contributed by atoms with Gasteiger partial charge in [0.2, 0.25) is 13.1 Å². The fourth-order valence-electron chi connectivity index (χ4n) is 5.19. The second-order valence-corrected chi connectivity index (χ2v) is 13.4. The summed E-state index contributed by atoms with van der Waals surface area (Å²) in [6, 6.07) is 39.7. The van der Waals surface area contributed by atoms with Crippen molar-refractivity contribution >= 4 is 31.9 Å². The van der Waals surface area contributed by atoms with E-state index < -0.39 is 0 Å². The van der Waals surface area contributed by atoms with Crippen LogP contribution in [0.1, 0.15) is 38.9 Å². The Morgan fingerprint density at radius 2 is 0.727 bits per heavy atom. The maximum Gasteiger partial charge on any atom is 0.209 e. The summed E-state index contributed by atoms with van der Waals surface area (Å²) >= 11 is 6.59. The molecule has 0 aliphatic carbocycles. The molecule has 0 saturated carbocycles. The Morgan fingerprint density at radius 3 is 1.07 bits per heavy atom. The quantitative estimate of drug-likeness (QED) is 0.145. The van der Waals surface area contributed by atoms with Crippen molar-refractivity contribution in [3.63, 3.8) is 0 Å². The lowest BCUT2D eigenvalue weighted by molar-refractivity contribution is -0.685. The van der Waals surface area contributed by atoms with Crippen LogP contribution in [0, 0.1) is 68.1 Å². The molecule has 0 unspecified atom stereocenters. The topological polar surface area (TPSA) is 7.76 Å². The number of pyridine rings is 2. The third kappa shape index (κ3) is 14.8. The molecule has 2 nitrogen and oxygen atoms in total. The van der Waals surface area contributed by atoms with E-state index >= 15 is 0 Å². The number of nitrogens with zero attached hydrogens (tertiary/aromatic N) is 2. The van der Waals surface area contributed by atoms with Gasteiger partial charge in [-0.05, 0) is 115 Å². The molecule has 6 heteroatoms. The SMILES string of the molecule is BrCC#Cc1ccc(-c2ccc(C#CCBr)cc2)cc1.Cc1cc[n+](CC#Cc2ccc(-c3ccc(C#CC[n+]4ccc(C)c(C)c4)cc3)cc2)cc1.[Br-].[Br-]. The first-order chi connectivity index (χ1) is 25.9. The van der Waals surface area contributed by atoms with Crippen molar-refractivity contribution in [3.05, 3.63) is 179 Å². The van der Waals surface area contributed by atoms with Crippen molar-refractivity contribution < 1.29 is 43.1 Å². The Kier molecular flexibility index (Phi) is 19.5. The monoisotopic (exact) mass is 972 g/mol. The molecule has 0 N–H and O–H groups in total. The number of hydrogen-bond donors (Lipinski definition) is 0. The molecule has 6 aromatic rings. The summed E-state index contributed by atoms with van der Waals surface area (Å²) in [5.41, 5.74) is 12.7. The van der Waals surface area contributed by atoms with E-state index in [1.54, 1.807) is 0 Å². The highest BCUT2D eigenvalue weighted by atomic mass is 79.9. The van der Waals surface area contributed by atoms with E-state index in [1.165, 1.54) is 38.9 Å². The van der Waals surface area contributed by atoms with E-state index in [2.05, 4.69) is 225 Å². The number of aromatic nitrogens is 2. The zero-order chi connectivity index (χ0) is 37.3. The minimum Gasteiger partial charge on any atom is -1.00 e. The van der Waals surface area contributed by atoms with Gasteiger partial charge in [-0.3, -0.25) is 0 Å². The highest BCUT2D eigenvalue weighted by molar-refractivity contribution is 9.09. The van der Waals surface area contributed by atoms with Gasteiger partial charge in [-0.25, -0.2) is 0 Å². The first kappa shape index (κ1) is 44.7. The minimum absolute atomic E-state index is 0. The van der Waals surface area contributed by atoms with Crippen LogP contribution in [-0.4, -0.2) is 10.7 Å². The molecule has 0 aliphatic rings. The van der Waals surface area contributed by atoms with Gasteiger partial charge in [-0.2, -0.15) is 9.13 Å². The third-order valence-corrected chi connectivity index (χ3v) is 8.91. The normalized spacial score (nSPS) is 9.33. The van der Waals surface area contributed by atoms with E-state index in [1.807, 2.05) is 24.3 Å². The van der Waals surface area contributed by atoms with Gasteiger partial charge in [0.1, 0.15) is 0 Å². The molecule has 4 aromatic carbocycles. The average Bonchev–Trinajstić information content (AvgIpc) is 3.20. The molecule has 0 aliphatic heterocycles. The Labute approximate surface area is 365 Å². The highest BCUT2D eigenvalue weighted by Gasteiger charge is 2.02. The lowest BCUT2D eigenvalue weighted by atomic mass is 10.0. The Bertz CT molecular complexity index is 2310. The van der Waals surface area contributed by atoms with Gasteiger partial charge in [0.05, 0.1) is 10.7 Å². The van der Waals surface area contributed by atoms with Gasteiger partial charge in [0, 0.05) is 46.0 Å². The molecule has 0 saturated heterocycles. The third-order valence-electron chi connectivity index (χ3n) is 8.35. The minimum atomic E-state index is 0. The van der Waals surface area contributed by atoms with Crippen molar-refractivity contribution in [2.45, 2.75) is 33.9 Å². The van der Waals surface area contributed by atoms with E-state index in [-0.39, 0.29) is 34.0 Å². The number of alkyl halides is 2. The first-order valence-corrected chi connectivity index (χ1v) is 19.5. The zero-order valence-corrected chi connectivity index (χ0v) is 37.4. The van der Waals surface area contributed by atoms with Crippen LogP contribution in [0.3, 0.4) is 0 Å². The standard InChI is InChI=1S/C31H28N2.C18H12Br2.2BrH/c1-25-16-21-32(22-17-25)19-4-6-28-8-12-30(13-9-28)31-14-10-29(11-15-31)7-5-20-33-23-18-26(2)27(3)24-33;19-13-1-3-15-5-9-17(10-6-15)18-11-7-16(8-12-18)4-2-14-20;;/h8-18,21-24H,19-20H2,1-3H3;5-12H,13-14H2;2*1H/q+2;;;/p-2. The van der Waals surface area contributed by atoms with E-state index in [0.29, 0.717) is 23.7 Å². The smallest absolute Gasteiger partial charge is 0.209 e. The maximum absolute atomic E-state index is 3.30. The molecule has 2 heterocycles. The van der Waals surface area contributed by atoms with Gasteiger partial charge in [-0.15, -0.1) is 0 Å². The molecule has 0 amide bonds. The molecule has 0 atom stereocenters. The summed E-state index contributed by atoms with van der Waals surface area (Å²) in [7, 11) is 0. The van der Waals surface area contributed by atoms with Crippen LogP contribution < -0.4 is 43.1 Å². The van der Waals surface area contributed by atoms with Crippen LogP contribution in [0.2, 0.25) is 0 Å². The van der Waals surface area contributed by atoms with E-state index in [9.17, 15) is 0 Å². The Balaban J connectivity index is 0.000000319. The molecule has 6 rings (SSSR count). The van der Waals surface area contributed by atoms with Crippen molar-refractivity contribution in [1.29, 1.82) is 0 Å². The summed E-state index contributed by atoms with van der Waals surface area (Å²) < 4.78 is 4.20. The van der Waals surface area contributed by atoms with Crippen LogP contribution in [0.15, 0.2) is 140 Å².